The summed E-state index contributed by atoms with van der Waals surface area (Å²) in [5, 5.41) is 2.92. The molecule has 1 heterocycles. The summed E-state index contributed by atoms with van der Waals surface area (Å²) in [5.41, 5.74) is 3.98. The van der Waals surface area contributed by atoms with E-state index in [0.29, 0.717) is 17.9 Å². The highest BCUT2D eigenvalue weighted by Gasteiger charge is 2.09. The molecule has 6 heteroatoms. The van der Waals surface area contributed by atoms with Crippen molar-refractivity contribution in [1.82, 2.24) is 10.3 Å². The zero-order valence-corrected chi connectivity index (χ0v) is 12.9. The first-order valence-corrected chi connectivity index (χ1v) is 7.46. The van der Waals surface area contributed by atoms with Crippen molar-refractivity contribution in [2.45, 2.75) is 39.0 Å². The number of nitrogens with one attached hydrogen (secondary N) is 2. The van der Waals surface area contributed by atoms with Crippen molar-refractivity contribution in [3.8, 4) is 0 Å². The zero-order valence-electron chi connectivity index (χ0n) is 12.9. The number of carbonyl (C=O) groups is 1. The average Bonchev–Trinajstić information content (AvgIpc) is 2.50. The third kappa shape index (κ3) is 6.55. The Bertz CT molecular complexity index is 438. The van der Waals surface area contributed by atoms with E-state index in [1.54, 1.807) is 13.2 Å². The number of aromatic nitrogens is 1. The van der Waals surface area contributed by atoms with Gasteiger partial charge in [0, 0.05) is 31.5 Å². The summed E-state index contributed by atoms with van der Waals surface area (Å²) in [4.78, 5) is 16.5. The Morgan fingerprint density at radius 3 is 2.81 bits per heavy atom. The first-order valence-electron chi connectivity index (χ1n) is 7.46. The van der Waals surface area contributed by atoms with Crippen LogP contribution in [0.3, 0.4) is 0 Å². The van der Waals surface area contributed by atoms with Crippen LogP contribution < -0.4 is 16.6 Å². The van der Waals surface area contributed by atoms with Crippen molar-refractivity contribution in [2.24, 2.45) is 5.84 Å². The van der Waals surface area contributed by atoms with Gasteiger partial charge in [0.2, 0.25) is 0 Å². The summed E-state index contributed by atoms with van der Waals surface area (Å²) in [6, 6.07) is 3.49. The number of ether oxygens (including phenoxy) is 1. The third-order valence-electron chi connectivity index (χ3n) is 3.11. The zero-order chi connectivity index (χ0) is 15.5. The van der Waals surface area contributed by atoms with Gasteiger partial charge in [0.25, 0.3) is 5.91 Å². The summed E-state index contributed by atoms with van der Waals surface area (Å²) < 4.78 is 4.99. The minimum Gasteiger partial charge on any atom is -0.385 e. The van der Waals surface area contributed by atoms with E-state index < -0.39 is 0 Å². The minimum absolute atomic E-state index is 0.0852. The van der Waals surface area contributed by atoms with Crippen molar-refractivity contribution in [3.05, 3.63) is 23.4 Å². The fourth-order valence-electron chi connectivity index (χ4n) is 2.03. The molecule has 0 bridgehead atoms. The second-order valence-corrected chi connectivity index (χ2v) is 4.94. The van der Waals surface area contributed by atoms with Crippen LogP contribution in [0.4, 0.5) is 5.82 Å². The number of carbonyl (C=O) groups excluding carboxylic acids is 1. The smallest absolute Gasteiger partial charge is 0.251 e. The molecule has 21 heavy (non-hydrogen) atoms. The monoisotopic (exact) mass is 294 g/mol. The van der Waals surface area contributed by atoms with Crippen LogP contribution in [0, 0.1) is 0 Å². The van der Waals surface area contributed by atoms with Gasteiger partial charge in [0.05, 0.1) is 0 Å². The van der Waals surface area contributed by atoms with E-state index in [1.807, 2.05) is 6.07 Å². The second kappa shape index (κ2) is 10.1. The number of unbranched alkanes of at least 4 members (excludes halogenated alkanes) is 2. The van der Waals surface area contributed by atoms with Crippen LogP contribution in [-0.4, -0.2) is 31.2 Å². The van der Waals surface area contributed by atoms with Crippen molar-refractivity contribution in [3.63, 3.8) is 0 Å². The van der Waals surface area contributed by atoms with Gasteiger partial charge in [0.15, 0.2) is 0 Å². The minimum atomic E-state index is -0.0852. The van der Waals surface area contributed by atoms with Crippen molar-refractivity contribution in [2.75, 3.05) is 25.7 Å². The maximum atomic E-state index is 12.1. The first kappa shape index (κ1) is 17.4. The van der Waals surface area contributed by atoms with Gasteiger partial charge in [-0.15, -0.1) is 0 Å². The molecule has 0 radical (unpaired) electrons. The number of hydrogen-bond donors (Lipinski definition) is 3. The van der Waals surface area contributed by atoms with E-state index in [4.69, 9.17) is 10.6 Å². The Hall–Kier alpha value is -1.66. The fourth-order valence-corrected chi connectivity index (χ4v) is 2.03. The summed E-state index contributed by atoms with van der Waals surface area (Å²) in [5.74, 6) is 5.83. The lowest BCUT2D eigenvalue weighted by molar-refractivity contribution is 0.0952. The first-order chi connectivity index (χ1) is 10.2. The van der Waals surface area contributed by atoms with Gasteiger partial charge >= 0.3 is 0 Å². The van der Waals surface area contributed by atoms with Crippen LogP contribution in [0.25, 0.3) is 0 Å². The summed E-state index contributed by atoms with van der Waals surface area (Å²) in [6.45, 7) is 3.51. The van der Waals surface area contributed by atoms with E-state index in [9.17, 15) is 4.79 Å². The topological polar surface area (TPSA) is 89.3 Å². The van der Waals surface area contributed by atoms with Crippen LogP contribution >= 0.6 is 0 Å². The number of hydrogen-bond acceptors (Lipinski definition) is 5. The maximum Gasteiger partial charge on any atom is 0.251 e. The molecule has 0 fully saturated rings. The largest absolute Gasteiger partial charge is 0.385 e. The average molecular weight is 294 g/mol. The van der Waals surface area contributed by atoms with Crippen molar-refractivity contribution < 1.29 is 9.53 Å². The number of amides is 1. The van der Waals surface area contributed by atoms with Crippen LogP contribution in [0.5, 0.6) is 0 Å². The van der Waals surface area contributed by atoms with Gasteiger partial charge < -0.3 is 15.5 Å². The standard InChI is InChI=1S/C15H26N4O2/c1-3-7-13-10-12(11-14(18-13)19-16)15(20)17-8-5-4-6-9-21-2/h10-11H,3-9,16H2,1-2H3,(H,17,20)(H,18,19). The lowest BCUT2D eigenvalue weighted by Gasteiger charge is -2.09. The Labute approximate surface area is 126 Å². The SMILES string of the molecule is CCCc1cc(C(=O)NCCCCCOC)cc(NN)n1. The summed E-state index contributed by atoms with van der Waals surface area (Å²) in [6.07, 6.45) is 4.81. The maximum absolute atomic E-state index is 12.1. The Morgan fingerprint density at radius 2 is 2.14 bits per heavy atom. The lowest BCUT2D eigenvalue weighted by atomic mass is 10.1. The molecule has 4 N–H and O–H groups in total. The highest BCUT2D eigenvalue weighted by molar-refractivity contribution is 5.94. The molecular weight excluding hydrogens is 268 g/mol. The molecule has 0 saturated carbocycles. The van der Waals surface area contributed by atoms with E-state index >= 15 is 0 Å². The molecule has 118 valence electrons. The number of pyridine rings is 1. The van der Waals surface area contributed by atoms with Crippen LogP contribution in [0.15, 0.2) is 12.1 Å². The predicted molar refractivity (Wildman–Crippen MR) is 84.1 cm³/mol. The Balaban J connectivity index is 2.50. The Morgan fingerprint density at radius 1 is 1.33 bits per heavy atom. The highest BCUT2D eigenvalue weighted by atomic mass is 16.5. The summed E-state index contributed by atoms with van der Waals surface area (Å²) >= 11 is 0. The van der Waals surface area contributed by atoms with E-state index in [0.717, 1.165) is 44.4 Å². The molecule has 0 aliphatic heterocycles. The van der Waals surface area contributed by atoms with Crippen LogP contribution in [-0.2, 0) is 11.2 Å². The number of anilines is 1. The molecule has 0 aliphatic rings. The molecular formula is C15H26N4O2. The van der Waals surface area contributed by atoms with Gasteiger partial charge in [-0.2, -0.15) is 0 Å². The van der Waals surface area contributed by atoms with E-state index in [2.05, 4.69) is 22.7 Å². The quantitative estimate of drug-likeness (QED) is 0.348. The van der Waals surface area contributed by atoms with Crippen LogP contribution in [0.1, 0.15) is 48.7 Å². The molecule has 0 unspecified atom stereocenters. The molecule has 1 rings (SSSR count). The van der Waals surface area contributed by atoms with Gasteiger partial charge in [0.1, 0.15) is 5.82 Å². The number of aryl methyl sites for hydroxylation is 1. The fraction of sp³-hybridized carbons (Fsp3) is 0.600. The number of hydrazine groups is 1. The van der Waals surface area contributed by atoms with Gasteiger partial charge in [-0.25, -0.2) is 10.8 Å². The molecule has 0 atom stereocenters. The number of nitrogens with zero attached hydrogens (tertiary/aromatic N) is 1. The van der Waals surface area contributed by atoms with Gasteiger partial charge in [-0.05, 0) is 37.8 Å². The second-order valence-electron chi connectivity index (χ2n) is 4.94. The van der Waals surface area contributed by atoms with E-state index in [-0.39, 0.29) is 5.91 Å². The predicted octanol–water partition coefficient (Wildman–Crippen LogP) is 1.87. The molecule has 1 amide bonds. The Kier molecular flexibility index (Phi) is 8.38. The van der Waals surface area contributed by atoms with Gasteiger partial charge in [-0.3, -0.25) is 4.79 Å². The van der Waals surface area contributed by atoms with Crippen molar-refractivity contribution >= 4 is 11.7 Å². The molecule has 1 aromatic heterocycles. The van der Waals surface area contributed by atoms with Gasteiger partial charge in [-0.1, -0.05) is 13.3 Å². The number of nitrogens with two attached hydrogens (primary N) is 1. The molecule has 6 nitrogen and oxygen atoms in total. The number of nitrogen functional groups attached to an aromatic ring is 1. The molecule has 1 aromatic rings. The van der Waals surface area contributed by atoms with E-state index in [1.165, 1.54) is 0 Å². The molecule has 0 saturated heterocycles. The van der Waals surface area contributed by atoms with Crippen LogP contribution in [0.2, 0.25) is 0 Å². The molecule has 0 aliphatic carbocycles. The lowest BCUT2D eigenvalue weighted by Crippen LogP contribution is -2.25. The summed E-state index contributed by atoms with van der Waals surface area (Å²) in [7, 11) is 1.70. The number of rotatable bonds is 10. The highest BCUT2D eigenvalue weighted by Crippen LogP contribution is 2.11. The normalized spacial score (nSPS) is 10.4. The molecule has 0 aromatic carbocycles. The molecule has 0 spiro atoms. The third-order valence-corrected chi connectivity index (χ3v) is 3.11. The number of methoxy groups -OCH3 is 1. The van der Waals surface area contributed by atoms with Crippen molar-refractivity contribution in [1.29, 1.82) is 0 Å².